The van der Waals surface area contributed by atoms with E-state index in [-0.39, 0.29) is 12.0 Å². The lowest BCUT2D eigenvalue weighted by atomic mass is 10.1. The van der Waals surface area contributed by atoms with Crippen LogP contribution in [0.15, 0.2) is 58.8 Å². The zero-order valence-corrected chi connectivity index (χ0v) is 19.6. The molecule has 5 rings (SSSR count). The maximum absolute atomic E-state index is 12.1. The van der Waals surface area contributed by atoms with Gasteiger partial charge in [-0.1, -0.05) is 36.2 Å². The number of hydrogen-bond donors (Lipinski definition) is 4. The zero-order chi connectivity index (χ0) is 23.5. The van der Waals surface area contributed by atoms with Crippen molar-refractivity contribution in [3.8, 4) is 11.3 Å². The van der Waals surface area contributed by atoms with E-state index in [9.17, 15) is 9.59 Å². The lowest BCUT2D eigenvalue weighted by Gasteiger charge is -2.04. The van der Waals surface area contributed by atoms with Crippen molar-refractivity contribution in [1.29, 1.82) is 0 Å². The topological polar surface area (TPSA) is 111 Å². The second-order valence-corrected chi connectivity index (χ2v) is 8.69. The number of hydrogen-bond acceptors (Lipinski definition) is 5. The van der Waals surface area contributed by atoms with Crippen LogP contribution in [0.25, 0.3) is 33.1 Å². The molecule has 0 aliphatic carbocycles. The van der Waals surface area contributed by atoms with Crippen molar-refractivity contribution < 1.29 is 9.90 Å². The smallest absolute Gasteiger partial charge is 0.303 e. The maximum atomic E-state index is 12.1. The van der Waals surface area contributed by atoms with Gasteiger partial charge in [0.15, 0.2) is 5.13 Å². The summed E-state index contributed by atoms with van der Waals surface area (Å²) in [6.07, 6.45) is 1.99. The number of pyridine rings is 1. The number of thiazole rings is 1. The second-order valence-electron chi connectivity index (χ2n) is 7.02. The molecule has 168 valence electrons. The highest BCUT2D eigenvalue weighted by molar-refractivity contribution is 7.14. The number of nitrogens with zero attached hydrogens (tertiary/aromatic N) is 1. The number of benzene rings is 2. The zero-order valence-electron chi connectivity index (χ0n) is 17.3. The highest BCUT2D eigenvalue weighted by Crippen LogP contribution is 2.32. The van der Waals surface area contributed by atoms with Crippen molar-refractivity contribution in [2.24, 2.45) is 0 Å². The van der Waals surface area contributed by atoms with Crippen LogP contribution in [0, 0.1) is 0 Å². The van der Waals surface area contributed by atoms with Crippen molar-refractivity contribution in [3.63, 3.8) is 0 Å². The first-order chi connectivity index (χ1) is 15.9. The van der Waals surface area contributed by atoms with Crippen LogP contribution in [0.3, 0.4) is 0 Å². The quantitative estimate of drug-likeness (QED) is 0.220. The van der Waals surface area contributed by atoms with Gasteiger partial charge in [0, 0.05) is 45.5 Å². The van der Waals surface area contributed by atoms with Gasteiger partial charge < -0.3 is 20.4 Å². The molecule has 33 heavy (non-hydrogen) atoms. The number of aromatic amines is 2. The molecule has 4 N–H and O–H groups in total. The number of aromatic nitrogens is 3. The number of halogens is 2. The fourth-order valence-electron chi connectivity index (χ4n) is 3.16. The molecule has 0 aliphatic heterocycles. The minimum absolute atomic E-state index is 0.123. The van der Waals surface area contributed by atoms with E-state index in [1.54, 1.807) is 25.3 Å². The number of carboxylic acid groups (broad SMARTS) is 1. The molecule has 0 saturated heterocycles. The first-order valence-electron chi connectivity index (χ1n) is 9.88. The van der Waals surface area contributed by atoms with Gasteiger partial charge in [-0.05, 0) is 36.4 Å². The van der Waals surface area contributed by atoms with E-state index in [4.69, 9.17) is 28.3 Å². The number of anilines is 2. The molecule has 2 aromatic carbocycles. The first kappa shape index (κ1) is 22.8. The lowest BCUT2D eigenvalue weighted by molar-refractivity contribution is -0.136. The van der Waals surface area contributed by atoms with Crippen LogP contribution in [0.5, 0.6) is 0 Å². The fraction of sp³-hybridized carbons (Fsp3) is 0.0870. The van der Waals surface area contributed by atoms with E-state index >= 15 is 0 Å². The van der Waals surface area contributed by atoms with Crippen molar-refractivity contribution in [3.05, 3.63) is 74.4 Å². The maximum Gasteiger partial charge on any atom is 0.303 e. The number of nitrogens with one attached hydrogen (secondary N) is 3. The van der Waals surface area contributed by atoms with E-state index in [1.807, 2.05) is 35.7 Å². The van der Waals surface area contributed by atoms with Crippen molar-refractivity contribution in [2.45, 2.75) is 13.3 Å². The average molecular weight is 501 g/mol. The summed E-state index contributed by atoms with van der Waals surface area (Å²) in [5.74, 6) is -0.745. The molecular formula is C23H18Cl2N4O3S. The molecule has 3 aromatic heterocycles. The molecule has 0 radical (unpaired) electrons. The van der Waals surface area contributed by atoms with E-state index in [1.165, 1.54) is 11.3 Å². The van der Waals surface area contributed by atoms with Gasteiger partial charge in [-0.15, -0.1) is 11.3 Å². The van der Waals surface area contributed by atoms with Crippen molar-refractivity contribution in [2.75, 3.05) is 5.32 Å². The Hall–Kier alpha value is -3.33. The van der Waals surface area contributed by atoms with Crippen LogP contribution in [-0.2, 0) is 4.79 Å². The summed E-state index contributed by atoms with van der Waals surface area (Å²) in [5, 5.41) is 16.6. The van der Waals surface area contributed by atoms with Gasteiger partial charge in [0.25, 0.3) is 5.56 Å². The molecule has 5 aromatic rings. The fourth-order valence-corrected chi connectivity index (χ4v) is 4.20. The molecule has 3 heterocycles. The Kier molecular flexibility index (Phi) is 6.69. The summed E-state index contributed by atoms with van der Waals surface area (Å²) in [5.41, 5.74) is 3.89. The highest BCUT2D eigenvalue weighted by Gasteiger charge is 2.10. The van der Waals surface area contributed by atoms with E-state index in [2.05, 4.69) is 20.3 Å². The highest BCUT2D eigenvalue weighted by atomic mass is 35.5. The van der Waals surface area contributed by atoms with Gasteiger partial charge in [0.05, 0.1) is 15.7 Å². The monoisotopic (exact) mass is 500 g/mol. The second kappa shape index (κ2) is 9.66. The predicted molar refractivity (Wildman–Crippen MR) is 135 cm³/mol. The van der Waals surface area contributed by atoms with Crippen LogP contribution in [0.1, 0.15) is 13.3 Å². The molecule has 0 unspecified atom stereocenters. The number of rotatable bonds is 4. The lowest BCUT2D eigenvalue weighted by Crippen LogP contribution is -2.05. The van der Waals surface area contributed by atoms with E-state index < -0.39 is 5.97 Å². The number of H-pyrrole nitrogens is 2. The van der Waals surface area contributed by atoms with Crippen LogP contribution >= 0.6 is 34.5 Å². The predicted octanol–water partition coefficient (Wildman–Crippen LogP) is 6.66. The van der Waals surface area contributed by atoms with Gasteiger partial charge in [-0.2, -0.15) is 0 Å². The van der Waals surface area contributed by atoms with Crippen LogP contribution < -0.4 is 10.9 Å². The molecule has 0 spiro atoms. The summed E-state index contributed by atoms with van der Waals surface area (Å²) >= 11 is 13.5. The summed E-state index contributed by atoms with van der Waals surface area (Å²) in [7, 11) is 0. The normalized spacial score (nSPS) is 10.8. The molecular weight excluding hydrogens is 483 g/mol. The minimum Gasteiger partial charge on any atom is -0.481 e. The Morgan fingerprint density at radius 3 is 2.64 bits per heavy atom. The molecule has 0 fully saturated rings. The Bertz CT molecular complexity index is 1520. The summed E-state index contributed by atoms with van der Waals surface area (Å²) in [4.78, 5) is 32.0. The van der Waals surface area contributed by atoms with Crippen LogP contribution in [0.4, 0.5) is 10.8 Å². The number of carboxylic acids is 1. The standard InChI is InChI=1S/C20H12Cl2N4OS.C3H6O2/c21-14-3-2-11(8-15(14)22)24-20-26-17(9-28-20)10-1-4-16-13(7-10)12-5-6-23-18(12)19(27)25-16;1-2-3(4)5/h1-9,23H,(H,24,26)(H,25,27);2H2,1H3,(H,4,5). The molecule has 0 saturated carbocycles. The van der Waals surface area contributed by atoms with Gasteiger partial charge in [-0.3, -0.25) is 9.59 Å². The van der Waals surface area contributed by atoms with Gasteiger partial charge in [-0.25, -0.2) is 4.98 Å². The van der Waals surface area contributed by atoms with E-state index in [0.717, 1.165) is 38.4 Å². The Labute approximate surface area is 202 Å². The molecule has 0 amide bonds. The Morgan fingerprint density at radius 2 is 1.91 bits per heavy atom. The number of aliphatic carboxylic acids is 1. The summed E-state index contributed by atoms with van der Waals surface area (Å²) in [6.45, 7) is 1.60. The Balaban J connectivity index is 0.000000471. The number of fused-ring (bicyclic) bond motifs is 3. The third-order valence-electron chi connectivity index (χ3n) is 4.81. The van der Waals surface area contributed by atoms with Gasteiger partial charge >= 0.3 is 5.97 Å². The van der Waals surface area contributed by atoms with Gasteiger partial charge in [0.1, 0.15) is 5.52 Å². The summed E-state index contributed by atoms with van der Waals surface area (Å²) in [6, 6.07) is 13.2. The molecule has 0 atom stereocenters. The largest absolute Gasteiger partial charge is 0.481 e. The molecule has 10 heteroatoms. The van der Waals surface area contributed by atoms with Crippen molar-refractivity contribution in [1.82, 2.24) is 15.0 Å². The van der Waals surface area contributed by atoms with Crippen LogP contribution in [0.2, 0.25) is 10.0 Å². The van der Waals surface area contributed by atoms with Crippen LogP contribution in [-0.4, -0.2) is 26.0 Å². The Morgan fingerprint density at radius 1 is 1.12 bits per heavy atom. The summed E-state index contributed by atoms with van der Waals surface area (Å²) < 4.78 is 0. The van der Waals surface area contributed by atoms with Crippen molar-refractivity contribution >= 4 is 73.1 Å². The molecule has 0 aliphatic rings. The average Bonchev–Trinajstić information content (AvgIpc) is 3.47. The third kappa shape index (κ3) is 5.03. The molecule has 0 bridgehead atoms. The number of carbonyl (C=O) groups is 1. The third-order valence-corrected chi connectivity index (χ3v) is 6.30. The first-order valence-corrected chi connectivity index (χ1v) is 11.5. The minimum atomic E-state index is -0.745. The SMILES string of the molecule is CCC(=O)O.O=c1[nH]c2ccc(-c3csc(Nc4ccc(Cl)c(Cl)c4)n3)cc2c2cc[nH]c12. The molecule has 7 nitrogen and oxygen atoms in total. The van der Waals surface area contributed by atoms with Gasteiger partial charge in [0.2, 0.25) is 0 Å². The van der Waals surface area contributed by atoms with E-state index in [0.29, 0.717) is 15.6 Å².